The van der Waals surface area contributed by atoms with E-state index in [2.05, 4.69) is 49.9 Å². The Labute approximate surface area is 106 Å². The first-order valence-corrected chi connectivity index (χ1v) is 6.73. The van der Waals surface area contributed by atoms with Crippen LogP contribution in [0.3, 0.4) is 0 Å². The predicted molar refractivity (Wildman–Crippen MR) is 75.0 cm³/mol. The number of nitrogens with two attached hydrogens (primary N) is 1. The monoisotopic (exact) mass is 234 g/mol. The lowest BCUT2D eigenvalue weighted by Crippen LogP contribution is -2.34. The summed E-state index contributed by atoms with van der Waals surface area (Å²) in [5, 5.41) is 0. The highest BCUT2D eigenvalue weighted by molar-refractivity contribution is 5.27. The van der Waals surface area contributed by atoms with Gasteiger partial charge in [-0.05, 0) is 37.4 Å². The van der Waals surface area contributed by atoms with Crippen LogP contribution >= 0.6 is 0 Å². The molecule has 1 aromatic carbocycles. The zero-order valence-electron chi connectivity index (χ0n) is 11.4. The Morgan fingerprint density at radius 2 is 1.82 bits per heavy atom. The molecule has 0 radical (unpaired) electrons. The molecule has 0 aliphatic heterocycles. The lowest BCUT2D eigenvalue weighted by molar-refractivity contribution is 0.217. The maximum Gasteiger partial charge on any atom is 0.0180 e. The number of likely N-dealkylation sites (N-methyl/N-ethyl adjacent to an activating group) is 1. The quantitative estimate of drug-likeness (QED) is 0.786. The fourth-order valence-corrected chi connectivity index (χ4v) is 2.21. The highest BCUT2D eigenvalue weighted by Crippen LogP contribution is 2.11. The molecule has 0 bridgehead atoms. The maximum absolute atomic E-state index is 5.76. The van der Waals surface area contributed by atoms with Crippen LogP contribution in [0.25, 0.3) is 0 Å². The predicted octanol–water partition coefficient (Wildman–Crippen LogP) is 2.81. The Balaban J connectivity index is 2.59. The number of hydrogen-bond donors (Lipinski definition) is 1. The van der Waals surface area contributed by atoms with Crippen molar-refractivity contribution in [2.45, 2.75) is 46.2 Å². The summed E-state index contributed by atoms with van der Waals surface area (Å²) in [5.41, 5.74) is 8.45. The fourth-order valence-electron chi connectivity index (χ4n) is 2.21. The van der Waals surface area contributed by atoms with E-state index in [0.717, 1.165) is 19.5 Å². The van der Waals surface area contributed by atoms with Gasteiger partial charge < -0.3 is 10.6 Å². The lowest BCUT2D eigenvalue weighted by atomic mass is 10.0. The van der Waals surface area contributed by atoms with E-state index < -0.39 is 0 Å². The summed E-state index contributed by atoms with van der Waals surface area (Å²) < 4.78 is 0. The Hall–Kier alpha value is -0.860. The Bertz CT molecular complexity index is 322. The molecule has 0 saturated heterocycles. The van der Waals surface area contributed by atoms with E-state index >= 15 is 0 Å². The van der Waals surface area contributed by atoms with Gasteiger partial charge in [0, 0.05) is 19.1 Å². The molecule has 1 rings (SSSR count). The molecule has 2 N–H and O–H groups in total. The van der Waals surface area contributed by atoms with Gasteiger partial charge in [-0.15, -0.1) is 0 Å². The first kappa shape index (κ1) is 14.2. The van der Waals surface area contributed by atoms with Crippen molar-refractivity contribution in [2.24, 2.45) is 5.73 Å². The van der Waals surface area contributed by atoms with Crippen molar-refractivity contribution in [3.05, 3.63) is 35.4 Å². The second kappa shape index (κ2) is 7.46. The lowest BCUT2D eigenvalue weighted by Gasteiger charge is -2.27. The van der Waals surface area contributed by atoms with Crippen LogP contribution in [0.2, 0.25) is 0 Å². The molecule has 2 nitrogen and oxygen atoms in total. The molecule has 0 aromatic heterocycles. The molecule has 0 spiro atoms. The average molecular weight is 234 g/mol. The maximum atomic E-state index is 5.76. The van der Waals surface area contributed by atoms with E-state index in [4.69, 9.17) is 5.73 Å². The molecular formula is C15H26N2. The standard InChI is InChI=1S/C15H26N2/c1-4-13(3)17(5-2)11-10-14-8-6-7-9-15(14)12-16/h6-9,13H,4-5,10-12,16H2,1-3H3. The molecule has 1 unspecified atom stereocenters. The highest BCUT2D eigenvalue weighted by Gasteiger charge is 2.10. The molecule has 0 aliphatic rings. The van der Waals surface area contributed by atoms with Crippen LogP contribution in [0.4, 0.5) is 0 Å². The van der Waals surface area contributed by atoms with Gasteiger partial charge in [0.1, 0.15) is 0 Å². The SMILES string of the molecule is CCC(C)N(CC)CCc1ccccc1CN. The van der Waals surface area contributed by atoms with Gasteiger partial charge in [0.2, 0.25) is 0 Å². The first-order chi connectivity index (χ1) is 8.22. The van der Waals surface area contributed by atoms with E-state index in [-0.39, 0.29) is 0 Å². The molecule has 1 aromatic rings. The summed E-state index contributed by atoms with van der Waals surface area (Å²) >= 11 is 0. The van der Waals surface area contributed by atoms with Crippen LogP contribution < -0.4 is 5.73 Å². The van der Waals surface area contributed by atoms with Crippen molar-refractivity contribution in [3.63, 3.8) is 0 Å². The van der Waals surface area contributed by atoms with Gasteiger partial charge in [0.15, 0.2) is 0 Å². The Kier molecular flexibility index (Phi) is 6.23. The molecule has 96 valence electrons. The van der Waals surface area contributed by atoms with Crippen molar-refractivity contribution in [2.75, 3.05) is 13.1 Å². The summed E-state index contributed by atoms with van der Waals surface area (Å²) in [7, 11) is 0. The first-order valence-electron chi connectivity index (χ1n) is 6.73. The van der Waals surface area contributed by atoms with E-state index in [1.165, 1.54) is 17.5 Å². The van der Waals surface area contributed by atoms with Gasteiger partial charge in [-0.1, -0.05) is 38.1 Å². The van der Waals surface area contributed by atoms with Crippen LogP contribution in [-0.2, 0) is 13.0 Å². The molecule has 0 saturated carbocycles. The zero-order valence-corrected chi connectivity index (χ0v) is 11.4. The average Bonchev–Trinajstić information content (AvgIpc) is 2.39. The minimum Gasteiger partial charge on any atom is -0.326 e. The van der Waals surface area contributed by atoms with Gasteiger partial charge in [0.05, 0.1) is 0 Å². The number of benzene rings is 1. The van der Waals surface area contributed by atoms with Crippen molar-refractivity contribution < 1.29 is 0 Å². The minimum absolute atomic E-state index is 0.644. The zero-order chi connectivity index (χ0) is 12.7. The minimum atomic E-state index is 0.644. The summed E-state index contributed by atoms with van der Waals surface area (Å²) in [5.74, 6) is 0. The molecule has 0 heterocycles. The van der Waals surface area contributed by atoms with Gasteiger partial charge in [-0.2, -0.15) is 0 Å². The van der Waals surface area contributed by atoms with E-state index in [1.807, 2.05) is 0 Å². The molecular weight excluding hydrogens is 208 g/mol. The summed E-state index contributed by atoms with van der Waals surface area (Å²) in [6.45, 7) is 9.69. The topological polar surface area (TPSA) is 29.3 Å². The van der Waals surface area contributed by atoms with E-state index in [0.29, 0.717) is 12.6 Å². The molecule has 0 aliphatic carbocycles. The normalized spacial score (nSPS) is 13.0. The summed E-state index contributed by atoms with van der Waals surface area (Å²) in [4.78, 5) is 2.54. The van der Waals surface area contributed by atoms with Gasteiger partial charge in [-0.3, -0.25) is 0 Å². The van der Waals surface area contributed by atoms with Crippen LogP contribution in [0.15, 0.2) is 24.3 Å². The second-order valence-electron chi connectivity index (χ2n) is 4.61. The molecule has 0 amide bonds. The van der Waals surface area contributed by atoms with Crippen molar-refractivity contribution >= 4 is 0 Å². The third-order valence-electron chi connectivity index (χ3n) is 3.63. The number of rotatable bonds is 7. The van der Waals surface area contributed by atoms with Crippen molar-refractivity contribution in [3.8, 4) is 0 Å². The van der Waals surface area contributed by atoms with E-state index in [1.54, 1.807) is 0 Å². The molecule has 17 heavy (non-hydrogen) atoms. The molecule has 1 atom stereocenters. The van der Waals surface area contributed by atoms with Gasteiger partial charge in [0.25, 0.3) is 0 Å². The highest BCUT2D eigenvalue weighted by atomic mass is 15.1. The number of nitrogens with zero attached hydrogens (tertiary/aromatic N) is 1. The van der Waals surface area contributed by atoms with Crippen molar-refractivity contribution in [1.82, 2.24) is 4.90 Å². The smallest absolute Gasteiger partial charge is 0.0180 e. The largest absolute Gasteiger partial charge is 0.326 e. The third-order valence-corrected chi connectivity index (χ3v) is 3.63. The van der Waals surface area contributed by atoms with Crippen molar-refractivity contribution in [1.29, 1.82) is 0 Å². The molecule has 0 fully saturated rings. The van der Waals surface area contributed by atoms with Gasteiger partial charge in [-0.25, -0.2) is 0 Å². The Morgan fingerprint density at radius 3 is 2.35 bits per heavy atom. The molecule has 2 heteroatoms. The second-order valence-corrected chi connectivity index (χ2v) is 4.61. The summed E-state index contributed by atoms with van der Waals surface area (Å²) in [6.07, 6.45) is 2.32. The Morgan fingerprint density at radius 1 is 1.18 bits per heavy atom. The van der Waals surface area contributed by atoms with Crippen LogP contribution in [-0.4, -0.2) is 24.0 Å². The van der Waals surface area contributed by atoms with Gasteiger partial charge >= 0.3 is 0 Å². The van der Waals surface area contributed by atoms with Crippen LogP contribution in [0.1, 0.15) is 38.3 Å². The van der Waals surface area contributed by atoms with Crippen LogP contribution in [0.5, 0.6) is 0 Å². The fraction of sp³-hybridized carbons (Fsp3) is 0.600. The third kappa shape index (κ3) is 4.14. The summed E-state index contributed by atoms with van der Waals surface area (Å²) in [6, 6.07) is 9.18. The number of hydrogen-bond acceptors (Lipinski definition) is 2. The van der Waals surface area contributed by atoms with E-state index in [9.17, 15) is 0 Å². The van der Waals surface area contributed by atoms with Crippen LogP contribution in [0, 0.1) is 0 Å².